The van der Waals surface area contributed by atoms with Crippen molar-refractivity contribution in [3.63, 3.8) is 0 Å². The predicted molar refractivity (Wildman–Crippen MR) is 106 cm³/mol. The second-order valence-electron chi connectivity index (χ2n) is 5.88. The molecule has 0 fully saturated rings. The van der Waals surface area contributed by atoms with Gasteiger partial charge in [-0.05, 0) is 49.9 Å². The van der Waals surface area contributed by atoms with Gasteiger partial charge < -0.3 is 15.4 Å². The molecule has 1 unspecified atom stereocenters. The first kappa shape index (κ1) is 18.6. The van der Waals surface area contributed by atoms with Gasteiger partial charge >= 0.3 is 0 Å². The highest BCUT2D eigenvalue weighted by Crippen LogP contribution is 2.33. The number of likely N-dealkylation sites (N-methyl/N-ethyl adjacent to an activating group) is 1. The highest BCUT2D eigenvalue weighted by atomic mass is 35.5. The molecule has 0 saturated heterocycles. The summed E-state index contributed by atoms with van der Waals surface area (Å²) >= 11 is 7.45. The smallest absolute Gasteiger partial charge is 0.279 e. The molecule has 0 radical (unpaired) electrons. The topological polar surface area (TPSA) is 63.2 Å². The molecule has 0 bridgehead atoms. The van der Waals surface area contributed by atoms with Crippen molar-refractivity contribution in [2.45, 2.75) is 12.8 Å². The van der Waals surface area contributed by atoms with Crippen LogP contribution in [0.4, 0.5) is 0 Å². The molecule has 3 rings (SSSR count). The minimum atomic E-state index is -0.217. The maximum atomic E-state index is 12.1. The lowest BCUT2D eigenvalue weighted by atomic mass is 10.0. The molecule has 1 atom stereocenters. The number of carbonyl (C=O) groups is 1. The van der Waals surface area contributed by atoms with Crippen molar-refractivity contribution in [1.82, 2.24) is 15.6 Å². The Hall–Kier alpha value is -2.15. The number of aromatic nitrogens is 1. The number of halogens is 1. The second-order valence-corrected chi connectivity index (χ2v) is 7.31. The third kappa shape index (κ3) is 4.52. The van der Waals surface area contributed by atoms with Crippen LogP contribution in [-0.2, 0) is 4.79 Å². The van der Waals surface area contributed by atoms with E-state index in [2.05, 4.69) is 15.6 Å². The van der Waals surface area contributed by atoms with Gasteiger partial charge in [0.25, 0.3) is 5.19 Å². The largest absolute Gasteiger partial charge is 0.431 e. The van der Waals surface area contributed by atoms with Crippen LogP contribution < -0.4 is 15.4 Å². The van der Waals surface area contributed by atoms with Crippen molar-refractivity contribution >= 4 is 39.1 Å². The summed E-state index contributed by atoms with van der Waals surface area (Å²) in [7, 11) is 1.86. The highest BCUT2D eigenvalue weighted by molar-refractivity contribution is 7.20. The molecular weight excluding hydrogens is 370 g/mol. The van der Waals surface area contributed by atoms with Crippen LogP contribution in [0.2, 0.25) is 5.02 Å². The molecule has 0 aliphatic heterocycles. The summed E-state index contributed by atoms with van der Waals surface area (Å²) in [6, 6.07) is 13.1. The number of rotatable bonds is 7. The number of thiazole rings is 1. The summed E-state index contributed by atoms with van der Waals surface area (Å²) in [5, 5.41) is 7.15. The molecule has 2 aromatic carbocycles. The first-order valence-electron chi connectivity index (χ1n) is 8.33. The Bertz CT molecular complexity index is 895. The third-order valence-electron chi connectivity index (χ3n) is 3.98. The van der Waals surface area contributed by atoms with Crippen molar-refractivity contribution in [3.8, 4) is 10.9 Å². The van der Waals surface area contributed by atoms with Crippen LogP contribution in [0.1, 0.15) is 18.4 Å². The van der Waals surface area contributed by atoms with Crippen LogP contribution in [0.3, 0.4) is 0 Å². The Kier molecular flexibility index (Phi) is 6.08. The average molecular weight is 390 g/mol. The molecule has 26 heavy (non-hydrogen) atoms. The fourth-order valence-corrected chi connectivity index (χ4v) is 3.57. The van der Waals surface area contributed by atoms with Gasteiger partial charge in [-0.2, -0.15) is 0 Å². The van der Waals surface area contributed by atoms with Gasteiger partial charge in [-0.1, -0.05) is 35.1 Å². The van der Waals surface area contributed by atoms with Crippen LogP contribution in [0.25, 0.3) is 10.2 Å². The number of hydrogen-bond acceptors (Lipinski definition) is 5. The number of carbonyl (C=O) groups excluding carboxylic acids is 1. The van der Waals surface area contributed by atoms with Crippen LogP contribution in [0.15, 0.2) is 42.5 Å². The van der Waals surface area contributed by atoms with Gasteiger partial charge in [-0.15, -0.1) is 0 Å². The minimum absolute atomic E-state index is 0.0111. The summed E-state index contributed by atoms with van der Waals surface area (Å²) < 4.78 is 6.82. The quantitative estimate of drug-likeness (QED) is 0.595. The fourth-order valence-electron chi connectivity index (χ4n) is 2.46. The lowest BCUT2D eigenvalue weighted by molar-refractivity contribution is -0.122. The summed E-state index contributed by atoms with van der Waals surface area (Å²) in [5.74, 6) is 0.476. The Morgan fingerprint density at radius 1 is 1.23 bits per heavy atom. The van der Waals surface area contributed by atoms with Gasteiger partial charge in [-0.25, -0.2) is 4.98 Å². The normalized spacial score (nSPS) is 12.1. The van der Waals surface area contributed by atoms with Crippen LogP contribution in [0, 0.1) is 0 Å². The van der Waals surface area contributed by atoms with Crippen LogP contribution in [0.5, 0.6) is 10.9 Å². The number of ether oxygens (including phenoxy) is 1. The molecule has 0 spiro atoms. The van der Waals surface area contributed by atoms with E-state index in [0.717, 1.165) is 22.3 Å². The summed E-state index contributed by atoms with van der Waals surface area (Å²) in [5.41, 5.74) is 1.80. The van der Waals surface area contributed by atoms with Crippen molar-refractivity contribution < 1.29 is 9.53 Å². The second kappa shape index (κ2) is 8.49. The first-order chi connectivity index (χ1) is 12.6. The van der Waals surface area contributed by atoms with E-state index >= 15 is 0 Å². The lowest BCUT2D eigenvalue weighted by Gasteiger charge is -2.13. The van der Waals surface area contributed by atoms with E-state index in [4.69, 9.17) is 16.3 Å². The summed E-state index contributed by atoms with van der Waals surface area (Å²) in [4.78, 5) is 16.6. The number of benzene rings is 2. The molecule has 0 aliphatic rings. The molecule has 3 aromatic rings. The van der Waals surface area contributed by atoms with Crippen LogP contribution >= 0.6 is 22.9 Å². The van der Waals surface area contributed by atoms with Crippen molar-refractivity contribution in [2.24, 2.45) is 0 Å². The highest BCUT2D eigenvalue weighted by Gasteiger charge is 2.15. The monoisotopic (exact) mass is 389 g/mol. The fraction of sp³-hybridized carbons (Fsp3) is 0.263. The lowest BCUT2D eigenvalue weighted by Crippen LogP contribution is -2.33. The molecule has 136 valence electrons. The molecule has 1 amide bonds. The molecule has 7 heteroatoms. The molecule has 2 N–H and O–H groups in total. The zero-order valence-electron chi connectivity index (χ0n) is 14.6. The van der Waals surface area contributed by atoms with E-state index in [0.29, 0.717) is 22.5 Å². The average Bonchev–Trinajstić information content (AvgIpc) is 3.03. The van der Waals surface area contributed by atoms with E-state index in [1.165, 1.54) is 11.3 Å². The third-order valence-corrected chi connectivity index (χ3v) is 5.11. The predicted octanol–water partition coefficient (Wildman–Crippen LogP) is 4.18. The Morgan fingerprint density at radius 3 is 2.73 bits per heavy atom. The van der Waals surface area contributed by atoms with E-state index in [-0.39, 0.29) is 11.8 Å². The van der Waals surface area contributed by atoms with Gasteiger partial charge in [0.1, 0.15) is 5.75 Å². The van der Waals surface area contributed by atoms with Crippen molar-refractivity contribution in [2.75, 3.05) is 20.1 Å². The van der Waals surface area contributed by atoms with Crippen molar-refractivity contribution in [1.29, 1.82) is 0 Å². The van der Waals surface area contributed by atoms with Crippen molar-refractivity contribution in [3.05, 3.63) is 53.1 Å². The Morgan fingerprint density at radius 2 is 2.00 bits per heavy atom. The molecule has 0 saturated carbocycles. The Labute approximate surface area is 161 Å². The molecule has 5 nitrogen and oxygen atoms in total. The molecule has 1 aromatic heterocycles. The molecule has 1 heterocycles. The maximum Gasteiger partial charge on any atom is 0.279 e. The zero-order valence-corrected chi connectivity index (χ0v) is 16.2. The van der Waals surface area contributed by atoms with Gasteiger partial charge in [-0.3, -0.25) is 4.79 Å². The number of amides is 1. The number of hydrogen-bond donors (Lipinski definition) is 2. The number of nitrogens with zero attached hydrogens (tertiary/aromatic N) is 1. The summed E-state index contributed by atoms with van der Waals surface area (Å²) in [6.45, 7) is 3.25. The van der Waals surface area contributed by atoms with E-state index in [9.17, 15) is 4.79 Å². The minimum Gasteiger partial charge on any atom is -0.431 e. The van der Waals surface area contributed by atoms with Gasteiger partial charge in [0.2, 0.25) is 5.91 Å². The first-order valence-corrected chi connectivity index (χ1v) is 9.52. The number of nitrogens with one attached hydrogen (secondary N) is 2. The van der Waals surface area contributed by atoms with E-state index < -0.39 is 0 Å². The van der Waals surface area contributed by atoms with Gasteiger partial charge in [0.15, 0.2) is 0 Å². The van der Waals surface area contributed by atoms with Gasteiger partial charge in [0.05, 0.1) is 16.1 Å². The standard InChI is InChI=1S/C19H20ClN3O2S/c1-12(18(24)22-10-9-21-2)13-3-6-15(7-4-13)25-19-23-16-8-5-14(20)11-17(16)26-19/h3-8,11-12,21H,9-10H2,1-2H3,(H,22,24). The zero-order chi connectivity index (χ0) is 18.5. The maximum absolute atomic E-state index is 12.1. The molecular formula is C19H20ClN3O2S. The van der Waals surface area contributed by atoms with Gasteiger partial charge in [0, 0.05) is 18.1 Å². The Balaban J connectivity index is 1.65. The van der Waals surface area contributed by atoms with Crippen LogP contribution in [-0.4, -0.2) is 31.0 Å². The number of fused-ring (bicyclic) bond motifs is 1. The molecule has 0 aliphatic carbocycles. The van der Waals surface area contributed by atoms with E-state index in [1.807, 2.05) is 56.4 Å². The van der Waals surface area contributed by atoms with E-state index in [1.54, 1.807) is 0 Å². The summed E-state index contributed by atoms with van der Waals surface area (Å²) in [6.07, 6.45) is 0. The SMILES string of the molecule is CNCCNC(=O)C(C)c1ccc(Oc2nc3ccc(Cl)cc3s2)cc1.